The van der Waals surface area contributed by atoms with Crippen molar-refractivity contribution in [2.24, 2.45) is 5.92 Å². The minimum atomic E-state index is -0.200. The van der Waals surface area contributed by atoms with Crippen LogP contribution in [0.1, 0.15) is 12.8 Å². The molecule has 0 radical (unpaired) electrons. The van der Waals surface area contributed by atoms with Gasteiger partial charge in [-0.3, -0.25) is 0 Å². The monoisotopic (exact) mass is 158 g/mol. The van der Waals surface area contributed by atoms with Crippen molar-refractivity contribution in [1.29, 1.82) is 0 Å². The standard InChI is InChI=1S/C8H14O3/c9-7-1-4-11-8-2-3-10-5-6(7)8/h6-9H,1-5H2. The predicted molar refractivity (Wildman–Crippen MR) is 39.3 cm³/mol. The average molecular weight is 158 g/mol. The average Bonchev–Trinajstić information content (AvgIpc) is 2.06. The van der Waals surface area contributed by atoms with Gasteiger partial charge in [0.15, 0.2) is 0 Å². The molecule has 3 heteroatoms. The zero-order valence-corrected chi connectivity index (χ0v) is 6.53. The van der Waals surface area contributed by atoms with Gasteiger partial charge in [-0.1, -0.05) is 0 Å². The summed E-state index contributed by atoms with van der Waals surface area (Å²) in [6, 6.07) is 0. The van der Waals surface area contributed by atoms with Crippen LogP contribution in [0.15, 0.2) is 0 Å². The molecular weight excluding hydrogens is 144 g/mol. The summed E-state index contributed by atoms with van der Waals surface area (Å²) in [6.07, 6.45) is 1.77. The minimum Gasteiger partial charge on any atom is -0.393 e. The molecule has 3 nitrogen and oxygen atoms in total. The summed E-state index contributed by atoms with van der Waals surface area (Å²) in [5.74, 6) is 0.234. The molecule has 0 aliphatic carbocycles. The molecule has 2 heterocycles. The lowest BCUT2D eigenvalue weighted by molar-refractivity contribution is -0.148. The van der Waals surface area contributed by atoms with E-state index in [0.29, 0.717) is 13.2 Å². The van der Waals surface area contributed by atoms with Crippen LogP contribution in [-0.2, 0) is 9.47 Å². The molecule has 0 aromatic rings. The van der Waals surface area contributed by atoms with E-state index >= 15 is 0 Å². The molecule has 2 saturated heterocycles. The summed E-state index contributed by atoms with van der Waals surface area (Å²) in [6.45, 7) is 2.17. The molecule has 0 saturated carbocycles. The van der Waals surface area contributed by atoms with Gasteiger partial charge >= 0.3 is 0 Å². The van der Waals surface area contributed by atoms with Gasteiger partial charge in [0.2, 0.25) is 0 Å². The zero-order chi connectivity index (χ0) is 7.68. The van der Waals surface area contributed by atoms with Crippen molar-refractivity contribution in [3.63, 3.8) is 0 Å². The molecule has 3 atom stereocenters. The van der Waals surface area contributed by atoms with E-state index in [9.17, 15) is 5.11 Å². The zero-order valence-electron chi connectivity index (χ0n) is 6.53. The van der Waals surface area contributed by atoms with Gasteiger partial charge < -0.3 is 14.6 Å². The lowest BCUT2D eigenvalue weighted by Crippen LogP contribution is -2.45. The Balaban J connectivity index is 1.99. The molecule has 0 aromatic carbocycles. The molecular formula is C8H14O3. The van der Waals surface area contributed by atoms with E-state index in [1.165, 1.54) is 0 Å². The number of rotatable bonds is 0. The number of hydrogen-bond acceptors (Lipinski definition) is 3. The fraction of sp³-hybridized carbons (Fsp3) is 1.00. The van der Waals surface area contributed by atoms with Crippen molar-refractivity contribution in [1.82, 2.24) is 0 Å². The van der Waals surface area contributed by atoms with Gasteiger partial charge in [0.1, 0.15) is 0 Å². The van der Waals surface area contributed by atoms with E-state index in [2.05, 4.69) is 0 Å². The maximum atomic E-state index is 9.54. The molecule has 11 heavy (non-hydrogen) atoms. The Morgan fingerprint density at radius 3 is 2.91 bits per heavy atom. The molecule has 2 fully saturated rings. The van der Waals surface area contributed by atoms with Crippen LogP contribution in [0.4, 0.5) is 0 Å². The van der Waals surface area contributed by atoms with Gasteiger partial charge in [0.25, 0.3) is 0 Å². The first-order valence-electron chi connectivity index (χ1n) is 4.25. The van der Waals surface area contributed by atoms with Crippen LogP contribution in [-0.4, -0.2) is 37.1 Å². The minimum absolute atomic E-state index is 0.200. The second-order valence-electron chi connectivity index (χ2n) is 3.29. The third-order valence-electron chi connectivity index (χ3n) is 2.57. The number of aliphatic hydroxyl groups excluding tert-OH is 1. The van der Waals surface area contributed by atoms with Gasteiger partial charge in [-0.25, -0.2) is 0 Å². The number of aliphatic hydroxyl groups is 1. The van der Waals surface area contributed by atoms with Crippen molar-refractivity contribution in [2.75, 3.05) is 19.8 Å². The second kappa shape index (κ2) is 3.09. The molecule has 1 N–H and O–H groups in total. The Morgan fingerprint density at radius 2 is 2.09 bits per heavy atom. The van der Waals surface area contributed by atoms with Gasteiger partial charge in [-0.2, -0.15) is 0 Å². The topological polar surface area (TPSA) is 38.7 Å². The fourth-order valence-corrected chi connectivity index (χ4v) is 1.86. The van der Waals surface area contributed by atoms with Crippen LogP contribution >= 0.6 is 0 Å². The summed E-state index contributed by atoms with van der Waals surface area (Å²) in [7, 11) is 0. The molecule has 0 amide bonds. The number of hydrogen-bond donors (Lipinski definition) is 1. The van der Waals surface area contributed by atoms with Crippen molar-refractivity contribution >= 4 is 0 Å². The van der Waals surface area contributed by atoms with Crippen LogP contribution in [0.5, 0.6) is 0 Å². The Labute approximate surface area is 66.3 Å². The highest BCUT2D eigenvalue weighted by atomic mass is 16.5. The summed E-state index contributed by atoms with van der Waals surface area (Å²) in [4.78, 5) is 0. The molecule has 0 aromatic heterocycles. The normalized spacial score (nSPS) is 45.0. The van der Waals surface area contributed by atoms with Gasteiger partial charge in [-0.15, -0.1) is 0 Å². The summed E-state index contributed by atoms with van der Waals surface area (Å²) >= 11 is 0. The van der Waals surface area contributed by atoms with E-state index in [1.807, 2.05) is 0 Å². The van der Waals surface area contributed by atoms with Crippen LogP contribution in [0.25, 0.3) is 0 Å². The highest BCUT2D eigenvalue weighted by Crippen LogP contribution is 2.27. The molecule has 0 bridgehead atoms. The Bertz CT molecular complexity index is 135. The first kappa shape index (κ1) is 7.53. The van der Waals surface area contributed by atoms with E-state index < -0.39 is 0 Å². The SMILES string of the molecule is OC1CCOC2CCOCC12. The number of ether oxygens (including phenoxy) is 2. The van der Waals surface area contributed by atoms with Gasteiger partial charge in [0, 0.05) is 19.1 Å². The van der Waals surface area contributed by atoms with Crippen LogP contribution in [0.2, 0.25) is 0 Å². The fourth-order valence-electron chi connectivity index (χ4n) is 1.86. The largest absolute Gasteiger partial charge is 0.393 e. The Morgan fingerprint density at radius 1 is 1.18 bits per heavy atom. The third kappa shape index (κ3) is 1.41. The maximum Gasteiger partial charge on any atom is 0.0672 e. The van der Waals surface area contributed by atoms with Crippen molar-refractivity contribution in [2.45, 2.75) is 25.0 Å². The Kier molecular flexibility index (Phi) is 2.11. The first-order chi connectivity index (χ1) is 5.38. The van der Waals surface area contributed by atoms with Gasteiger partial charge in [-0.05, 0) is 12.8 Å². The quantitative estimate of drug-likeness (QED) is 0.546. The maximum absolute atomic E-state index is 9.54. The summed E-state index contributed by atoms with van der Waals surface area (Å²) in [5.41, 5.74) is 0. The predicted octanol–water partition coefficient (Wildman–Crippen LogP) is 0.173. The molecule has 3 unspecified atom stereocenters. The van der Waals surface area contributed by atoms with Crippen molar-refractivity contribution < 1.29 is 14.6 Å². The lowest BCUT2D eigenvalue weighted by Gasteiger charge is -2.38. The van der Waals surface area contributed by atoms with Crippen LogP contribution < -0.4 is 0 Å². The third-order valence-corrected chi connectivity index (χ3v) is 2.57. The second-order valence-corrected chi connectivity index (χ2v) is 3.29. The van der Waals surface area contributed by atoms with E-state index in [-0.39, 0.29) is 18.1 Å². The van der Waals surface area contributed by atoms with Gasteiger partial charge in [0.05, 0.1) is 18.8 Å². The lowest BCUT2D eigenvalue weighted by atomic mass is 9.89. The van der Waals surface area contributed by atoms with Crippen molar-refractivity contribution in [3.05, 3.63) is 0 Å². The Hall–Kier alpha value is -0.120. The molecule has 2 aliphatic rings. The molecule has 64 valence electrons. The van der Waals surface area contributed by atoms with Crippen molar-refractivity contribution in [3.8, 4) is 0 Å². The molecule has 2 rings (SSSR count). The summed E-state index contributed by atoms with van der Waals surface area (Å²) < 4.78 is 10.8. The van der Waals surface area contributed by atoms with E-state index in [0.717, 1.165) is 19.4 Å². The van der Waals surface area contributed by atoms with E-state index in [1.54, 1.807) is 0 Å². The first-order valence-corrected chi connectivity index (χ1v) is 4.25. The van der Waals surface area contributed by atoms with Crippen LogP contribution in [0.3, 0.4) is 0 Å². The summed E-state index contributed by atoms with van der Waals surface area (Å²) in [5, 5.41) is 9.54. The van der Waals surface area contributed by atoms with E-state index in [4.69, 9.17) is 9.47 Å². The molecule has 2 aliphatic heterocycles. The smallest absolute Gasteiger partial charge is 0.0672 e. The van der Waals surface area contributed by atoms with Crippen LogP contribution in [0, 0.1) is 5.92 Å². The number of fused-ring (bicyclic) bond motifs is 1. The highest BCUT2D eigenvalue weighted by Gasteiger charge is 2.35. The molecule has 0 spiro atoms. The highest BCUT2D eigenvalue weighted by molar-refractivity contribution is 4.83.